The summed E-state index contributed by atoms with van der Waals surface area (Å²) in [6.45, 7) is 1.30. The summed E-state index contributed by atoms with van der Waals surface area (Å²) in [5, 5.41) is 7.05. The quantitative estimate of drug-likeness (QED) is 0.708. The average Bonchev–Trinajstić information content (AvgIpc) is 2.62. The molecular formula is C17H14ClN5O. The van der Waals surface area contributed by atoms with E-state index in [0.717, 1.165) is 11.4 Å². The topological polar surface area (TPSA) is 72.0 Å². The largest absolute Gasteiger partial charge is 0.486 e. The summed E-state index contributed by atoms with van der Waals surface area (Å²) in [4.78, 5) is 13.0. The predicted octanol–water partition coefficient (Wildman–Crippen LogP) is 3.74. The normalized spacial score (nSPS) is 12.7. The average molecular weight is 340 g/mol. The first-order valence-corrected chi connectivity index (χ1v) is 7.89. The van der Waals surface area contributed by atoms with E-state index in [0.29, 0.717) is 41.3 Å². The molecule has 0 unspecified atom stereocenters. The molecule has 0 amide bonds. The predicted molar refractivity (Wildman–Crippen MR) is 94.0 cm³/mol. The summed E-state index contributed by atoms with van der Waals surface area (Å²) in [6, 6.07) is 11.2. The zero-order chi connectivity index (χ0) is 16.4. The second kappa shape index (κ2) is 6.33. The van der Waals surface area contributed by atoms with Crippen molar-refractivity contribution in [3.05, 3.63) is 53.9 Å². The molecule has 0 radical (unpaired) electrons. The SMILES string of the molecule is Clc1cccc(-c2cc(Nc3ccncc3)c3c(n2)NCCO3)n1. The second-order valence-corrected chi connectivity index (χ2v) is 5.60. The van der Waals surface area contributed by atoms with E-state index in [-0.39, 0.29) is 0 Å². The van der Waals surface area contributed by atoms with E-state index in [9.17, 15) is 0 Å². The summed E-state index contributed by atoms with van der Waals surface area (Å²) < 4.78 is 5.79. The molecule has 0 aromatic carbocycles. The Bertz CT molecular complexity index is 872. The van der Waals surface area contributed by atoms with Crippen LogP contribution in [0.25, 0.3) is 11.4 Å². The highest BCUT2D eigenvalue weighted by molar-refractivity contribution is 6.29. The highest BCUT2D eigenvalue weighted by atomic mass is 35.5. The molecule has 0 atom stereocenters. The molecule has 24 heavy (non-hydrogen) atoms. The molecule has 0 bridgehead atoms. The molecule has 0 spiro atoms. The van der Waals surface area contributed by atoms with E-state index in [4.69, 9.17) is 16.3 Å². The number of rotatable bonds is 3. The van der Waals surface area contributed by atoms with Gasteiger partial charge in [0.15, 0.2) is 11.6 Å². The van der Waals surface area contributed by atoms with Crippen LogP contribution in [0.2, 0.25) is 5.15 Å². The molecule has 0 saturated heterocycles. The van der Waals surface area contributed by atoms with Crippen LogP contribution in [0.4, 0.5) is 17.2 Å². The van der Waals surface area contributed by atoms with Crippen molar-refractivity contribution in [2.75, 3.05) is 23.8 Å². The fraction of sp³-hybridized carbons (Fsp3) is 0.118. The number of hydrogen-bond acceptors (Lipinski definition) is 6. The first-order valence-electron chi connectivity index (χ1n) is 7.51. The van der Waals surface area contributed by atoms with Crippen LogP contribution in [-0.2, 0) is 0 Å². The molecule has 7 heteroatoms. The number of nitrogens with zero attached hydrogens (tertiary/aromatic N) is 3. The van der Waals surface area contributed by atoms with Crippen LogP contribution in [0.5, 0.6) is 5.75 Å². The number of pyridine rings is 3. The molecule has 6 nitrogen and oxygen atoms in total. The van der Waals surface area contributed by atoms with Crippen molar-refractivity contribution < 1.29 is 4.74 Å². The molecule has 120 valence electrons. The molecule has 0 aliphatic carbocycles. The Kier molecular flexibility index (Phi) is 3.88. The van der Waals surface area contributed by atoms with Crippen molar-refractivity contribution in [1.82, 2.24) is 15.0 Å². The fourth-order valence-corrected chi connectivity index (χ4v) is 2.65. The molecule has 3 aromatic rings. The standard InChI is InChI=1S/C17H14ClN5O/c18-15-3-1-2-12(22-15)13-10-14(21-11-4-6-19-7-5-11)16-17(23-13)20-8-9-24-16/h1-7,10H,8-9H2,(H2,19,20,21,23). The zero-order valence-electron chi connectivity index (χ0n) is 12.7. The summed E-state index contributed by atoms with van der Waals surface area (Å²) in [5.74, 6) is 1.39. The summed E-state index contributed by atoms with van der Waals surface area (Å²) in [5.41, 5.74) is 3.15. The lowest BCUT2D eigenvalue weighted by Gasteiger charge is -2.22. The van der Waals surface area contributed by atoms with Gasteiger partial charge in [-0.1, -0.05) is 17.7 Å². The smallest absolute Gasteiger partial charge is 0.185 e. The van der Waals surface area contributed by atoms with E-state index < -0.39 is 0 Å². The van der Waals surface area contributed by atoms with Crippen molar-refractivity contribution in [1.29, 1.82) is 0 Å². The van der Waals surface area contributed by atoms with Crippen LogP contribution in [0.3, 0.4) is 0 Å². The molecule has 0 fully saturated rings. The first-order chi connectivity index (χ1) is 11.8. The van der Waals surface area contributed by atoms with E-state index in [1.165, 1.54) is 0 Å². The van der Waals surface area contributed by atoms with Crippen LogP contribution in [-0.4, -0.2) is 28.1 Å². The van der Waals surface area contributed by atoms with Gasteiger partial charge in [-0.15, -0.1) is 0 Å². The Morgan fingerprint density at radius 3 is 2.79 bits per heavy atom. The van der Waals surface area contributed by atoms with Crippen LogP contribution in [0.1, 0.15) is 0 Å². The van der Waals surface area contributed by atoms with Crippen LogP contribution >= 0.6 is 11.6 Å². The maximum absolute atomic E-state index is 6.01. The maximum Gasteiger partial charge on any atom is 0.185 e. The van der Waals surface area contributed by atoms with Crippen molar-refractivity contribution in [3.63, 3.8) is 0 Å². The second-order valence-electron chi connectivity index (χ2n) is 5.21. The number of hydrogen-bond donors (Lipinski definition) is 2. The number of aromatic nitrogens is 3. The third kappa shape index (κ3) is 2.96. The van der Waals surface area contributed by atoms with Crippen molar-refractivity contribution in [2.45, 2.75) is 0 Å². The number of anilines is 3. The Hall–Kier alpha value is -2.86. The molecule has 4 rings (SSSR count). The van der Waals surface area contributed by atoms with Crippen molar-refractivity contribution >= 4 is 28.8 Å². The number of nitrogens with one attached hydrogen (secondary N) is 2. The highest BCUT2D eigenvalue weighted by Gasteiger charge is 2.19. The van der Waals surface area contributed by atoms with Crippen LogP contribution in [0, 0.1) is 0 Å². The Morgan fingerprint density at radius 2 is 1.96 bits per heavy atom. The first kappa shape index (κ1) is 14.7. The fourth-order valence-electron chi connectivity index (χ4n) is 2.49. The van der Waals surface area contributed by atoms with E-state index >= 15 is 0 Å². The minimum absolute atomic E-state index is 0.430. The molecule has 1 aliphatic heterocycles. The van der Waals surface area contributed by atoms with Gasteiger partial charge in [0.1, 0.15) is 11.8 Å². The van der Waals surface area contributed by atoms with E-state index in [1.54, 1.807) is 18.5 Å². The lowest BCUT2D eigenvalue weighted by atomic mass is 10.2. The van der Waals surface area contributed by atoms with E-state index in [2.05, 4.69) is 25.6 Å². The molecule has 2 N–H and O–H groups in total. The zero-order valence-corrected chi connectivity index (χ0v) is 13.4. The van der Waals surface area contributed by atoms with Gasteiger partial charge in [-0.05, 0) is 30.3 Å². The lowest BCUT2D eigenvalue weighted by Crippen LogP contribution is -2.20. The van der Waals surface area contributed by atoms with Gasteiger partial charge in [0.2, 0.25) is 0 Å². The van der Waals surface area contributed by atoms with Gasteiger partial charge in [-0.2, -0.15) is 0 Å². The Balaban J connectivity index is 1.80. The van der Waals surface area contributed by atoms with Gasteiger partial charge in [0, 0.05) is 18.1 Å². The Labute approximate surface area is 143 Å². The number of ether oxygens (including phenoxy) is 1. The highest BCUT2D eigenvalue weighted by Crippen LogP contribution is 2.38. The van der Waals surface area contributed by atoms with Gasteiger partial charge < -0.3 is 15.4 Å². The Morgan fingerprint density at radius 1 is 1.08 bits per heavy atom. The van der Waals surface area contributed by atoms with Gasteiger partial charge in [0.05, 0.1) is 23.6 Å². The van der Waals surface area contributed by atoms with E-state index in [1.807, 2.05) is 30.3 Å². The third-order valence-corrected chi connectivity index (χ3v) is 3.76. The minimum Gasteiger partial charge on any atom is -0.486 e. The molecule has 4 heterocycles. The van der Waals surface area contributed by atoms with Gasteiger partial charge in [-0.3, -0.25) is 4.98 Å². The minimum atomic E-state index is 0.430. The number of halogens is 1. The van der Waals surface area contributed by atoms with Crippen molar-refractivity contribution in [2.24, 2.45) is 0 Å². The monoisotopic (exact) mass is 339 g/mol. The lowest BCUT2D eigenvalue weighted by molar-refractivity contribution is 0.323. The summed E-state index contributed by atoms with van der Waals surface area (Å²) in [6.07, 6.45) is 3.46. The molecule has 0 saturated carbocycles. The molecule has 3 aromatic heterocycles. The maximum atomic E-state index is 6.01. The number of fused-ring (bicyclic) bond motifs is 1. The molecular weight excluding hydrogens is 326 g/mol. The van der Waals surface area contributed by atoms with Crippen LogP contribution in [0.15, 0.2) is 48.8 Å². The van der Waals surface area contributed by atoms with Gasteiger partial charge in [0.25, 0.3) is 0 Å². The van der Waals surface area contributed by atoms with Crippen LogP contribution < -0.4 is 15.4 Å². The summed E-state index contributed by atoms with van der Waals surface area (Å²) >= 11 is 6.01. The summed E-state index contributed by atoms with van der Waals surface area (Å²) in [7, 11) is 0. The van der Waals surface area contributed by atoms with Gasteiger partial charge >= 0.3 is 0 Å². The van der Waals surface area contributed by atoms with Gasteiger partial charge in [-0.25, -0.2) is 9.97 Å². The van der Waals surface area contributed by atoms with Crippen molar-refractivity contribution in [3.8, 4) is 17.1 Å². The third-order valence-electron chi connectivity index (χ3n) is 3.55. The molecule has 1 aliphatic rings.